The van der Waals surface area contributed by atoms with Gasteiger partial charge in [-0.25, -0.2) is 0 Å². The zero-order valence-corrected chi connectivity index (χ0v) is 10.9. The molecule has 0 bridgehead atoms. The molecule has 8 heteroatoms. The molecule has 1 aromatic heterocycles. The van der Waals surface area contributed by atoms with Crippen molar-refractivity contribution in [2.75, 3.05) is 0 Å². The molecular formula is C13H13F3N2O3. The normalized spacial score (nSPS) is 22.0. The van der Waals surface area contributed by atoms with E-state index in [0.29, 0.717) is 19.3 Å². The number of carboxylic acids is 1. The van der Waals surface area contributed by atoms with E-state index in [-0.39, 0.29) is 5.56 Å². The average molecular weight is 302 g/mol. The second-order valence-electron chi connectivity index (χ2n) is 4.89. The first kappa shape index (κ1) is 15.3. The van der Waals surface area contributed by atoms with Crippen LogP contribution in [-0.4, -0.2) is 28.0 Å². The fraction of sp³-hybridized carbons (Fsp3) is 0.462. The monoisotopic (exact) mass is 302 g/mol. The predicted octanol–water partition coefficient (Wildman–Crippen LogP) is 2.08. The number of nitrogens with zero attached hydrogens (tertiary/aromatic N) is 1. The first-order valence-electron chi connectivity index (χ1n) is 6.36. The van der Waals surface area contributed by atoms with Crippen LogP contribution in [0.2, 0.25) is 0 Å². The summed E-state index contributed by atoms with van der Waals surface area (Å²) in [5, 5.41) is 11.5. The van der Waals surface area contributed by atoms with E-state index in [1.807, 2.05) is 0 Å². The highest BCUT2D eigenvalue weighted by molar-refractivity contribution is 5.94. The van der Waals surface area contributed by atoms with Crippen molar-refractivity contribution in [2.45, 2.75) is 31.5 Å². The van der Waals surface area contributed by atoms with Crippen LogP contribution in [0, 0.1) is 5.92 Å². The van der Waals surface area contributed by atoms with Gasteiger partial charge in [-0.15, -0.1) is 0 Å². The summed E-state index contributed by atoms with van der Waals surface area (Å²) in [6.45, 7) is 0. The number of alkyl halides is 3. The number of halogens is 3. The van der Waals surface area contributed by atoms with Crippen LogP contribution in [0.1, 0.15) is 35.3 Å². The van der Waals surface area contributed by atoms with E-state index in [1.54, 1.807) is 0 Å². The van der Waals surface area contributed by atoms with E-state index >= 15 is 0 Å². The van der Waals surface area contributed by atoms with Crippen LogP contribution in [0.15, 0.2) is 18.3 Å². The molecule has 2 N–H and O–H groups in total. The Morgan fingerprint density at radius 2 is 2.00 bits per heavy atom. The topological polar surface area (TPSA) is 79.3 Å². The van der Waals surface area contributed by atoms with E-state index in [9.17, 15) is 22.8 Å². The van der Waals surface area contributed by atoms with Crippen LogP contribution in [0.25, 0.3) is 0 Å². The van der Waals surface area contributed by atoms with Gasteiger partial charge in [0.05, 0.1) is 11.5 Å². The molecule has 0 saturated heterocycles. The summed E-state index contributed by atoms with van der Waals surface area (Å²) in [5.41, 5.74) is -1.11. The number of aliphatic carboxylic acids is 1. The van der Waals surface area contributed by atoms with Gasteiger partial charge in [-0.3, -0.25) is 14.6 Å². The first-order valence-corrected chi connectivity index (χ1v) is 6.36. The number of pyridine rings is 1. The SMILES string of the molecule is O=C(N[C@H]1CCC[C@@H]1C(=O)O)c1ccc(C(F)(F)F)nc1. The lowest BCUT2D eigenvalue weighted by atomic mass is 10.0. The summed E-state index contributed by atoms with van der Waals surface area (Å²) in [4.78, 5) is 26.1. The Morgan fingerprint density at radius 1 is 1.29 bits per heavy atom. The average Bonchev–Trinajstić information content (AvgIpc) is 2.86. The standard InChI is InChI=1S/C13H13F3N2O3/c14-13(15,16)10-5-4-7(6-17-10)11(19)18-9-3-1-2-8(9)12(20)21/h4-6,8-9H,1-3H2,(H,18,19)(H,20,21)/t8-,9-/m0/s1. The van der Waals surface area contributed by atoms with Crippen molar-refractivity contribution in [1.82, 2.24) is 10.3 Å². The maximum absolute atomic E-state index is 12.4. The number of hydrogen-bond acceptors (Lipinski definition) is 3. The minimum atomic E-state index is -4.56. The lowest BCUT2D eigenvalue weighted by molar-refractivity contribution is -0.142. The number of nitrogens with one attached hydrogen (secondary N) is 1. The zero-order chi connectivity index (χ0) is 15.6. The van der Waals surface area contributed by atoms with Gasteiger partial charge < -0.3 is 10.4 Å². The highest BCUT2D eigenvalue weighted by Crippen LogP contribution is 2.28. The Kier molecular flexibility index (Phi) is 4.15. The van der Waals surface area contributed by atoms with Crippen LogP contribution < -0.4 is 5.32 Å². The lowest BCUT2D eigenvalue weighted by Crippen LogP contribution is -2.40. The Labute approximate surface area is 118 Å². The van der Waals surface area contributed by atoms with E-state index in [1.165, 1.54) is 0 Å². The smallest absolute Gasteiger partial charge is 0.433 e. The summed E-state index contributed by atoms with van der Waals surface area (Å²) in [6.07, 6.45) is -2.02. The predicted molar refractivity (Wildman–Crippen MR) is 65.5 cm³/mol. The number of carbonyl (C=O) groups excluding carboxylic acids is 1. The Hall–Kier alpha value is -2.12. The van der Waals surface area contributed by atoms with Crippen molar-refractivity contribution < 1.29 is 27.9 Å². The van der Waals surface area contributed by atoms with E-state index in [0.717, 1.165) is 18.3 Å². The molecule has 1 aromatic rings. The quantitative estimate of drug-likeness (QED) is 0.896. The van der Waals surface area contributed by atoms with E-state index < -0.39 is 35.7 Å². The van der Waals surface area contributed by atoms with Crippen LogP contribution in [-0.2, 0) is 11.0 Å². The number of hydrogen-bond donors (Lipinski definition) is 2. The van der Waals surface area contributed by atoms with Gasteiger partial charge in [0.2, 0.25) is 0 Å². The fourth-order valence-corrected chi connectivity index (χ4v) is 2.38. The zero-order valence-electron chi connectivity index (χ0n) is 10.9. The second-order valence-corrected chi connectivity index (χ2v) is 4.89. The molecule has 114 valence electrons. The number of amides is 1. The van der Waals surface area contributed by atoms with Gasteiger partial charge in [0, 0.05) is 12.2 Å². The maximum atomic E-state index is 12.4. The Bertz CT molecular complexity index is 543. The second kappa shape index (κ2) is 5.71. The molecule has 0 aromatic carbocycles. The minimum Gasteiger partial charge on any atom is -0.481 e. The van der Waals surface area contributed by atoms with Crippen LogP contribution in [0.3, 0.4) is 0 Å². The third-order valence-corrected chi connectivity index (χ3v) is 3.47. The third-order valence-electron chi connectivity index (χ3n) is 3.47. The Balaban J connectivity index is 2.05. The number of aromatic nitrogens is 1. The third kappa shape index (κ3) is 3.50. The molecule has 0 radical (unpaired) electrons. The van der Waals surface area contributed by atoms with Crippen molar-refractivity contribution in [3.8, 4) is 0 Å². The van der Waals surface area contributed by atoms with E-state index in [2.05, 4.69) is 10.3 Å². The fourth-order valence-electron chi connectivity index (χ4n) is 2.38. The van der Waals surface area contributed by atoms with Crippen LogP contribution in [0.4, 0.5) is 13.2 Å². The van der Waals surface area contributed by atoms with Gasteiger partial charge in [0.25, 0.3) is 5.91 Å². The van der Waals surface area contributed by atoms with Gasteiger partial charge in [-0.2, -0.15) is 13.2 Å². The van der Waals surface area contributed by atoms with Crippen molar-refractivity contribution in [3.63, 3.8) is 0 Å². The summed E-state index contributed by atoms with van der Waals surface area (Å²) in [5.74, 6) is -2.26. The maximum Gasteiger partial charge on any atom is 0.433 e. The molecule has 2 atom stereocenters. The van der Waals surface area contributed by atoms with Gasteiger partial charge >= 0.3 is 12.1 Å². The molecule has 0 unspecified atom stereocenters. The molecule has 1 aliphatic carbocycles. The molecule has 5 nitrogen and oxygen atoms in total. The first-order chi connectivity index (χ1) is 9.79. The molecular weight excluding hydrogens is 289 g/mol. The van der Waals surface area contributed by atoms with Gasteiger partial charge in [0.1, 0.15) is 5.69 Å². The molecule has 1 heterocycles. The van der Waals surface area contributed by atoms with E-state index in [4.69, 9.17) is 5.11 Å². The molecule has 2 rings (SSSR count). The molecule has 21 heavy (non-hydrogen) atoms. The summed E-state index contributed by atoms with van der Waals surface area (Å²) < 4.78 is 37.1. The highest BCUT2D eigenvalue weighted by atomic mass is 19.4. The number of carboxylic acid groups (broad SMARTS) is 1. The molecule has 1 fully saturated rings. The number of rotatable bonds is 3. The highest BCUT2D eigenvalue weighted by Gasteiger charge is 2.35. The molecule has 0 aliphatic heterocycles. The lowest BCUT2D eigenvalue weighted by Gasteiger charge is -2.17. The van der Waals surface area contributed by atoms with Crippen molar-refractivity contribution in [3.05, 3.63) is 29.6 Å². The van der Waals surface area contributed by atoms with Gasteiger partial charge in [0.15, 0.2) is 0 Å². The molecule has 1 amide bonds. The molecule has 1 saturated carbocycles. The summed E-state index contributed by atoms with van der Waals surface area (Å²) in [7, 11) is 0. The molecule has 1 aliphatic rings. The largest absolute Gasteiger partial charge is 0.481 e. The number of carbonyl (C=O) groups is 2. The Morgan fingerprint density at radius 3 is 2.52 bits per heavy atom. The van der Waals surface area contributed by atoms with Crippen molar-refractivity contribution in [1.29, 1.82) is 0 Å². The van der Waals surface area contributed by atoms with Crippen molar-refractivity contribution in [2.24, 2.45) is 5.92 Å². The summed E-state index contributed by atoms with van der Waals surface area (Å²) >= 11 is 0. The summed E-state index contributed by atoms with van der Waals surface area (Å²) in [6, 6.07) is 1.24. The van der Waals surface area contributed by atoms with Crippen molar-refractivity contribution >= 4 is 11.9 Å². The van der Waals surface area contributed by atoms with Crippen LogP contribution in [0.5, 0.6) is 0 Å². The van der Waals surface area contributed by atoms with Gasteiger partial charge in [-0.05, 0) is 25.0 Å². The van der Waals surface area contributed by atoms with Gasteiger partial charge in [-0.1, -0.05) is 6.42 Å². The minimum absolute atomic E-state index is 0.0287. The molecule has 0 spiro atoms. The van der Waals surface area contributed by atoms with Crippen LogP contribution >= 0.6 is 0 Å².